The molecule has 1 rings (SSSR count). The van der Waals surface area contributed by atoms with E-state index in [0.29, 0.717) is 18.7 Å². The molecular weight excluding hydrogens is 196 g/mol. The van der Waals surface area contributed by atoms with Gasteiger partial charge in [-0.05, 0) is 24.3 Å². The number of rotatable bonds is 4. The molecule has 80 valence electrons. The molecule has 5 nitrogen and oxygen atoms in total. The third-order valence-corrected chi connectivity index (χ3v) is 1.82. The van der Waals surface area contributed by atoms with Crippen LogP contribution in [0.5, 0.6) is 0 Å². The van der Waals surface area contributed by atoms with Crippen molar-refractivity contribution in [3.8, 4) is 0 Å². The molecule has 15 heavy (non-hydrogen) atoms. The second-order valence-corrected chi connectivity index (χ2v) is 2.93. The number of hydrogen-bond donors (Lipinski definition) is 3. The zero-order valence-electron chi connectivity index (χ0n) is 8.06. The van der Waals surface area contributed by atoms with Gasteiger partial charge in [0.2, 0.25) is 0 Å². The molecule has 1 aromatic carbocycles. The van der Waals surface area contributed by atoms with Crippen LogP contribution in [0.3, 0.4) is 0 Å². The minimum Gasteiger partial charge on any atom is -0.478 e. The number of hydrogen-bond acceptors (Lipinski definition) is 3. The monoisotopic (exact) mass is 208 g/mol. The number of amides is 1. The van der Waals surface area contributed by atoms with Crippen molar-refractivity contribution in [2.45, 2.75) is 0 Å². The number of carboxylic acids is 1. The Morgan fingerprint density at radius 3 is 2.20 bits per heavy atom. The average molecular weight is 208 g/mol. The third kappa shape index (κ3) is 3.07. The standard InChI is InChI=1S/C10H12N2O3/c11-5-6-12-9(13)7-1-3-8(4-2-7)10(14)15/h1-4H,5-6,11H2,(H,12,13)(H,14,15). The number of carboxylic acid groups (broad SMARTS) is 1. The van der Waals surface area contributed by atoms with Crippen molar-refractivity contribution in [1.82, 2.24) is 5.32 Å². The fourth-order valence-corrected chi connectivity index (χ4v) is 1.05. The highest BCUT2D eigenvalue weighted by Crippen LogP contribution is 2.04. The van der Waals surface area contributed by atoms with Crippen molar-refractivity contribution in [3.63, 3.8) is 0 Å². The largest absolute Gasteiger partial charge is 0.478 e. The molecule has 1 amide bonds. The van der Waals surface area contributed by atoms with Crippen LogP contribution in [-0.2, 0) is 0 Å². The average Bonchev–Trinajstić information content (AvgIpc) is 2.26. The Kier molecular flexibility index (Phi) is 3.82. The Morgan fingerprint density at radius 1 is 1.20 bits per heavy atom. The lowest BCUT2D eigenvalue weighted by atomic mass is 10.1. The number of aromatic carboxylic acids is 1. The lowest BCUT2D eigenvalue weighted by Crippen LogP contribution is -2.28. The molecule has 0 unspecified atom stereocenters. The fraction of sp³-hybridized carbons (Fsp3) is 0.200. The van der Waals surface area contributed by atoms with E-state index in [0.717, 1.165) is 0 Å². The Bertz CT molecular complexity index is 359. The van der Waals surface area contributed by atoms with Gasteiger partial charge in [0.15, 0.2) is 0 Å². The third-order valence-electron chi connectivity index (χ3n) is 1.82. The summed E-state index contributed by atoms with van der Waals surface area (Å²) in [6.07, 6.45) is 0. The zero-order chi connectivity index (χ0) is 11.3. The second-order valence-electron chi connectivity index (χ2n) is 2.93. The van der Waals surface area contributed by atoms with Gasteiger partial charge < -0.3 is 16.2 Å². The van der Waals surface area contributed by atoms with Crippen molar-refractivity contribution in [2.24, 2.45) is 5.73 Å². The van der Waals surface area contributed by atoms with E-state index in [1.165, 1.54) is 24.3 Å². The lowest BCUT2D eigenvalue weighted by molar-refractivity contribution is 0.0696. The smallest absolute Gasteiger partial charge is 0.335 e. The number of carbonyl (C=O) groups is 2. The van der Waals surface area contributed by atoms with Crippen LogP contribution in [0, 0.1) is 0 Å². The van der Waals surface area contributed by atoms with Gasteiger partial charge in [-0.2, -0.15) is 0 Å². The molecule has 4 N–H and O–H groups in total. The first-order valence-corrected chi connectivity index (χ1v) is 4.47. The molecule has 5 heteroatoms. The van der Waals surface area contributed by atoms with Crippen LogP contribution in [0.15, 0.2) is 24.3 Å². The quantitative estimate of drug-likeness (QED) is 0.653. The highest BCUT2D eigenvalue weighted by atomic mass is 16.4. The van der Waals surface area contributed by atoms with E-state index in [-0.39, 0.29) is 11.5 Å². The minimum atomic E-state index is -1.01. The van der Waals surface area contributed by atoms with E-state index in [2.05, 4.69) is 5.32 Å². The number of benzene rings is 1. The summed E-state index contributed by atoms with van der Waals surface area (Å²) in [5.74, 6) is -1.26. The zero-order valence-corrected chi connectivity index (χ0v) is 8.06. The Labute approximate surface area is 86.9 Å². The molecule has 0 aliphatic heterocycles. The molecule has 0 spiro atoms. The summed E-state index contributed by atoms with van der Waals surface area (Å²) >= 11 is 0. The molecule has 0 aliphatic carbocycles. The summed E-state index contributed by atoms with van der Waals surface area (Å²) in [7, 11) is 0. The molecular formula is C10H12N2O3. The summed E-state index contributed by atoms with van der Waals surface area (Å²) in [4.78, 5) is 21.9. The lowest BCUT2D eigenvalue weighted by Gasteiger charge is -2.03. The first kappa shape index (κ1) is 11.2. The number of carbonyl (C=O) groups excluding carboxylic acids is 1. The second kappa shape index (κ2) is 5.11. The maximum atomic E-state index is 11.4. The van der Waals surface area contributed by atoms with Crippen LogP contribution >= 0.6 is 0 Å². The molecule has 0 aliphatic rings. The normalized spacial score (nSPS) is 9.67. The van der Waals surface area contributed by atoms with E-state index in [9.17, 15) is 9.59 Å². The molecule has 0 saturated heterocycles. The SMILES string of the molecule is NCCNC(=O)c1ccc(C(=O)O)cc1. The van der Waals surface area contributed by atoms with Crippen molar-refractivity contribution in [3.05, 3.63) is 35.4 Å². The summed E-state index contributed by atoms with van der Waals surface area (Å²) in [5, 5.41) is 11.2. The van der Waals surface area contributed by atoms with Crippen LogP contribution < -0.4 is 11.1 Å². The highest BCUT2D eigenvalue weighted by Gasteiger charge is 2.06. The molecule has 0 fully saturated rings. The Balaban J connectivity index is 2.71. The van der Waals surface area contributed by atoms with E-state index in [1.807, 2.05) is 0 Å². The van der Waals surface area contributed by atoms with Gasteiger partial charge in [0.1, 0.15) is 0 Å². The van der Waals surface area contributed by atoms with Gasteiger partial charge in [0, 0.05) is 18.7 Å². The predicted molar refractivity (Wildman–Crippen MR) is 54.8 cm³/mol. The highest BCUT2D eigenvalue weighted by molar-refractivity contribution is 5.95. The summed E-state index contributed by atoms with van der Waals surface area (Å²) in [5.41, 5.74) is 5.81. The van der Waals surface area contributed by atoms with Gasteiger partial charge in [0.05, 0.1) is 5.56 Å². The maximum absolute atomic E-state index is 11.4. The van der Waals surface area contributed by atoms with Crippen molar-refractivity contribution < 1.29 is 14.7 Å². The van der Waals surface area contributed by atoms with Crippen LogP contribution in [0.2, 0.25) is 0 Å². The van der Waals surface area contributed by atoms with Crippen LogP contribution in [0.1, 0.15) is 20.7 Å². The molecule has 0 radical (unpaired) electrons. The predicted octanol–water partition coefficient (Wildman–Crippen LogP) is 0.0733. The Hall–Kier alpha value is -1.88. The van der Waals surface area contributed by atoms with Crippen molar-refractivity contribution in [1.29, 1.82) is 0 Å². The summed E-state index contributed by atoms with van der Waals surface area (Å²) in [6, 6.07) is 5.71. The topological polar surface area (TPSA) is 92.4 Å². The first-order valence-electron chi connectivity index (χ1n) is 4.47. The van der Waals surface area contributed by atoms with Crippen LogP contribution in [0.25, 0.3) is 0 Å². The van der Waals surface area contributed by atoms with E-state index in [1.54, 1.807) is 0 Å². The first-order chi connectivity index (χ1) is 7.15. The van der Waals surface area contributed by atoms with Gasteiger partial charge >= 0.3 is 5.97 Å². The van der Waals surface area contributed by atoms with Crippen molar-refractivity contribution in [2.75, 3.05) is 13.1 Å². The van der Waals surface area contributed by atoms with Crippen LogP contribution in [0.4, 0.5) is 0 Å². The van der Waals surface area contributed by atoms with E-state index in [4.69, 9.17) is 10.8 Å². The van der Waals surface area contributed by atoms with Gasteiger partial charge in [-0.1, -0.05) is 0 Å². The molecule has 0 saturated carbocycles. The maximum Gasteiger partial charge on any atom is 0.335 e. The summed E-state index contributed by atoms with van der Waals surface area (Å²) in [6.45, 7) is 0.776. The van der Waals surface area contributed by atoms with E-state index >= 15 is 0 Å². The number of nitrogens with two attached hydrogens (primary N) is 1. The van der Waals surface area contributed by atoms with Gasteiger partial charge in [-0.25, -0.2) is 4.79 Å². The molecule has 0 heterocycles. The van der Waals surface area contributed by atoms with Crippen molar-refractivity contribution >= 4 is 11.9 Å². The summed E-state index contributed by atoms with van der Waals surface area (Å²) < 4.78 is 0. The Morgan fingerprint density at radius 2 is 1.73 bits per heavy atom. The number of nitrogens with one attached hydrogen (secondary N) is 1. The molecule has 1 aromatic rings. The molecule has 0 bridgehead atoms. The van der Waals surface area contributed by atoms with E-state index < -0.39 is 5.97 Å². The fourth-order valence-electron chi connectivity index (χ4n) is 1.05. The van der Waals surface area contributed by atoms with Gasteiger partial charge in [-0.15, -0.1) is 0 Å². The van der Waals surface area contributed by atoms with Crippen LogP contribution in [-0.4, -0.2) is 30.1 Å². The molecule has 0 atom stereocenters. The minimum absolute atomic E-state index is 0.158. The molecule has 0 aromatic heterocycles. The van der Waals surface area contributed by atoms with Gasteiger partial charge in [0.25, 0.3) is 5.91 Å². The van der Waals surface area contributed by atoms with Gasteiger partial charge in [-0.3, -0.25) is 4.79 Å².